The first kappa shape index (κ1) is 65.2. The van der Waals surface area contributed by atoms with Crippen molar-refractivity contribution >= 4 is 19.8 Å². The number of carbonyl (C=O) groups excluding carboxylic acids is 2. The minimum absolute atomic E-state index is 0.0444. The third-order valence-electron chi connectivity index (χ3n) is 11.5. The predicted octanol–water partition coefficient (Wildman–Crippen LogP) is 17.1. The SMILES string of the molecule is CC/C=C\C/C=C\C/C=C\C/C=C\C/C=C\C/C=C\C/C=C\CCCCCC(=O)OC(COC(=O)CCCCCCCCCCCCCCCCCCCCCCCC)COP(=O)(O)OCCN. The van der Waals surface area contributed by atoms with E-state index in [4.69, 9.17) is 24.3 Å². The summed E-state index contributed by atoms with van der Waals surface area (Å²) in [5.41, 5.74) is 5.37. The summed E-state index contributed by atoms with van der Waals surface area (Å²) in [6.45, 7) is 3.61. The number of nitrogens with two attached hydrogens (primary N) is 1. The van der Waals surface area contributed by atoms with E-state index in [0.717, 1.165) is 83.5 Å². The van der Waals surface area contributed by atoms with Crippen molar-refractivity contribution in [2.75, 3.05) is 26.4 Å². The number of phosphoric acid groups is 1. The summed E-state index contributed by atoms with van der Waals surface area (Å²) in [7, 11) is -4.40. The molecule has 2 atom stereocenters. The zero-order valence-electron chi connectivity index (χ0n) is 43.6. The van der Waals surface area contributed by atoms with Gasteiger partial charge >= 0.3 is 19.8 Å². The first-order valence-corrected chi connectivity index (χ1v) is 29.1. The van der Waals surface area contributed by atoms with Crippen molar-refractivity contribution in [1.29, 1.82) is 0 Å². The summed E-state index contributed by atoms with van der Waals surface area (Å²) >= 11 is 0. The van der Waals surface area contributed by atoms with Gasteiger partial charge in [0.25, 0.3) is 0 Å². The lowest BCUT2D eigenvalue weighted by atomic mass is 10.0. The average Bonchev–Trinajstić information content (AvgIpc) is 3.33. The molecule has 0 saturated carbocycles. The number of carbonyl (C=O) groups is 2. The van der Waals surface area contributed by atoms with Crippen molar-refractivity contribution in [3.05, 3.63) is 85.1 Å². The maximum atomic E-state index is 12.7. The molecule has 68 heavy (non-hydrogen) atoms. The van der Waals surface area contributed by atoms with E-state index in [9.17, 15) is 19.0 Å². The van der Waals surface area contributed by atoms with Gasteiger partial charge in [-0.1, -0.05) is 240 Å². The Hall–Kier alpha value is -2.81. The minimum atomic E-state index is -4.40. The highest BCUT2D eigenvalue weighted by Gasteiger charge is 2.26. The van der Waals surface area contributed by atoms with Gasteiger partial charge in [0, 0.05) is 19.4 Å². The molecule has 0 aliphatic carbocycles. The van der Waals surface area contributed by atoms with E-state index in [1.807, 2.05) is 0 Å². The molecule has 0 bridgehead atoms. The van der Waals surface area contributed by atoms with Crippen molar-refractivity contribution in [1.82, 2.24) is 0 Å². The lowest BCUT2D eigenvalue weighted by Gasteiger charge is -2.19. The van der Waals surface area contributed by atoms with Crippen molar-refractivity contribution < 1.29 is 37.6 Å². The summed E-state index contributed by atoms with van der Waals surface area (Å²) in [6.07, 6.45) is 69.2. The van der Waals surface area contributed by atoms with Gasteiger partial charge in [0.1, 0.15) is 6.61 Å². The van der Waals surface area contributed by atoms with Crippen LogP contribution in [0, 0.1) is 0 Å². The van der Waals surface area contributed by atoms with Gasteiger partial charge in [0.05, 0.1) is 13.2 Å². The molecule has 0 rings (SSSR count). The summed E-state index contributed by atoms with van der Waals surface area (Å²) in [5.74, 6) is -0.863. The van der Waals surface area contributed by atoms with E-state index in [0.29, 0.717) is 6.42 Å². The van der Waals surface area contributed by atoms with E-state index in [2.05, 4.69) is 98.9 Å². The van der Waals surface area contributed by atoms with Gasteiger partial charge in [-0.25, -0.2) is 4.57 Å². The van der Waals surface area contributed by atoms with E-state index in [1.54, 1.807) is 0 Å². The molecule has 3 N–H and O–H groups in total. The topological polar surface area (TPSA) is 134 Å². The fourth-order valence-electron chi connectivity index (χ4n) is 7.50. The minimum Gasteiger partial charge on any atom is -0.462 e. The molecule has 0 fully saturated rings. The van der Waals surface area contributed by atoms with Crippen molar-refractivity contribution in [3.63, 3.8) is 0 Å². The molecular formula is C58H102NO8P. The zero-order valence-corrected chi connectivity index (χ0v) is 44.5. The predicted molar refractivity (Wildman–Crippen MR) is 289 cm³/mol. The molecule has 0 aromatic carbocycles. The number of esters is 2. The Labute approximate surface area is 417 Å². The number of ether oxygens (including phenoxy) is 2. The van der Waals surface area contributed by atoms with Crippen LogP contribution in [0.1, 0.15) is 239 Å². The maximum Gasteiger partial charge on any atom is 0.472 e. The van der Waals surface area contributed by atoms with Gasteiger partial charge in [-0.05, 0) is 70.6 Å². The first-order valence-electron chi connectivity index (χ1n) is 27.6. The number of hydrogen-bond acceptors (Lipinski definition) is 8. The van der Waals surface area contributed by atoms with Crippen LogP contribution in [0.4, 0.5) is 0 Å². The van der Waals surface area contributed by atoms with Crippen LogP contribution in [0.25, 0.3) is 0 Å². The van der Waals surface area contributed by atoms with Crippen LogP contribution >= 0.6 is 7.82 Å². The molecule has 9 nitrogen and oxygen atoms in total. The highest BCUT2D eigenvalue weighted by atomic mass is 31.2. The molecule has 392 valence electrons. The molecular weight excluding hydrogens is 870 g/mol. The Morgan fingerprint density at radius 2 is 0.809 bits per heavy atom. The Balaban J connectivity index is 4.09. The molecule has 0 amide bonds. The van der Waals surface area contributed by atoms with Crippen LogP contribution in [0.15, 0.2) is 85.1 Å². The second-order valence-corrected chi connectivity index (χ2v) is 19.5. The molecule has 0 saturated heterocycles. The molecule has 2 unspecified atom stereocenters. The number of unbranched alkanes of at least 4 members (excludes halogenated alkanes) is 24. The molecule has 0 aromatic heterocycles. The number of rotatable bonds is 51. The second-order valence-electron chi connectivity index (χ2n) is 18.1. The van der Waals surface area contributed by atoms with Crippen molar-refractivity contribution in [2.45, 2.75) is 245 Å². The molecule has 0 aromatic rings. The lowest BCUT2D eigenvalue weighted by molar-refractivity contribution is -0.161. The maximum absolute atomic E-state index is 12.7. The van der Waals surface area contributed by atoms with Crippen molar-refractivity contribution in [2.24, 2.45) is 5.73 Å². The average molecular weight is 972 g/mol. The quantitative estimate of drug-likeness (QED) is 0.0264. The third-order valence-corrected chi connectivity index (χ3v) is 12.5. The molecule has 0 aliphatic heterocycles. The van der Waals surface area contributed by atoms with Crippen LogP contribution in [-0.4, -0.2) is 49.3 Å². The van der Waals surface area contributed by atoms with Gasteiger partial charge in [-0.2, -0.15) is 0 Å². The Morgan fingerprint density at radius 1 is 0.456 bits per heavy atom. The van der Waals surface area contributed by atoms with E-state index in [-0.39, 0.29) is 38.6 Å². The highest BCUT2D eigenvalue weighted by Crippen LogP contribution is 2.43. The van der Waals surface area contributed by atoms with Gasteiger partial charge < -0.3 is 20.1 Å². The summed E-state index contributed by atoms with van der Waals surface area (Å²) in [6, 6.07) is 0. The van der Waals surface area contributed by atoms with E-state index < -0.39 is 26.5 Å². The van der Waals surface area contributed by atoms with Gasteiger partial charge in [0.15, 0.2) is 6.10 Å². The molecule has 0 aliphatic rings. The molecule has 0 radical (unpaired) electrons. The van der Waals surface area contributed by atoms with Gasteiger partial charge in [0.2, 0.25) is 0 Å². The smallest absolute Gasteiger partial charge is 0.462 e. The van der Waals surface area contributed by atoms with Crippen molar-refractivity contribution in [3.8, 4) is 0 Å². The Kier molecular flexibility index (Phi) is 51.3. The second kappa shape index (κ2) is 53.5. The normalized spacial score (nSPS) is 13.8. The Morgan fingerprint density at radius 3 is 1.21 bits per heavy atom. The summed E-state index contributed by atoms with van der Waals surface area (Å²) in [4.78, 5) is 35.1. The first-order chi connectivity index (χ1) is 33.3. The number of hydrogen-bond donors (Lipinski definition) is 2. The molecule has 0 heterocycles. The number of allylic oxidation sites excluding steroid dienone is 14. The summed E-state index contributed by atoms with van der Waals surface area (Å²) < 4.78 is 33.0. The molecule has 0 spiro atoms. The fourth-order valence-corrected chi connectivity index (χ4v) is 8.26. The summed E-state index contributed by atoms with van der Waals surface area (Å²) in [5, 5.41) is 0. The van der Waals surface area contributed by atoms with Crippen LogP contribution in [0.2, 0.25) is 0 Å². The van der Waals surface area contributed by atoms with Crippen LogP contribution in [-0.2, 0) is 32.7 Å². The van der Waals surface area contributed by atoms with Crippen LogP contribution in [0.3, 0.4) is 0 Å². The number of phosphoric ester groups is 1. The van der Waals surface area contributed by atoms with Crippen LogP contribution < -0.4 is 5.73 Å². The fraction of sp³-hybridized carbons (Fsp3) is 0.724. The van der Waals surface area contributed by atoms with E-state index in [1.165, 1.54) is 122 Å². The van der Waals surface area contributed by atoms with Gasteiger partial charge in [-0.3, -0.25) is 18.6 Å². The monoisotopic (exact) mass is 972 g/mol. The standard InChI is InChI=1S/C58H102NO8P/c1-3-5-7-9-11-13-15-17-19-21-23-25-27-28-29-31-33-35-37-39-41-43-45-47-49-51-58(61)67-56(55-66-68(62,63)65-53-52-59)54-64-57(60)50-48-46-44-42-40-38-36-34-32-30-26-24-22-20-18-16-14-12-10-8-6-4-2/h5,7,11,13,17,19,23,25,28-29,33,35,39,41,56H,3-4,6,8-10,12,14-16,18,20-22,24,26-27,30-32,34,36-38,40,42-55,59H2,1-2H3,(H,62,63)/b7-5-,13-11-,19-17-,25-23-,29-28-,35-33-,41-39-. The Bertz CT molecular complexity index is 1390. The highest BCUT2D eigenvalue weighted by molar-refractivity contribution is 7.47. The van der Waals surface area contributed by atoms with Gasteiger partial charge in [-0.15, -0.1) is 0 Å². The molecule has 10 heteroatoms. The largest absolute Gasteiger partial charge is 0.472 e. The third kappa shape index (κ3) is 52.6. The zero-order chi connectivity index (χ0) is 49.5. The lowest BCUT2D eigenvalue weighted by Crippen LogP contribution is -2.29. The van der Waals surface area contributed by atoms with Crippen LogP contribution in [0.5, 0.6) is 0 Å². The van der Waals surface area contributed by atoms with E-state index >= 15 is 0 Å².